The summed E-state index contributed by atoms with van der Waals surface area (Å²) in [6.07, 6.45) is 0.384. The number of carboxylic acid groups (broad SMARTS) is 1. The van der Waals surface area contributed by atoms with Crippen LogP contribution in [0.3, 0.4) is 0 Å². The van der Waals surface area contributed by atoms with Crippen LogP contribution in [0.5, 0.6) is 0 Å². The van der Waals surface area contributed by atoms with Crippen LogP contribution in [0.2, 0.25) is 0 Å². The quantitative estimate of drug-likeness (QED) is 0.451. The lowest BCUT2D eigenvalue weighted by molar-refractivity contribution is -0.192. The molecule has 178 valence electrons. The number of carboxylic acids is 1. The Balaban J connectivity index is 0.000000406. The van der Waals surface area contributed by atoms with Gasteiger partial charge in [0.15, 0.2) is 5.65 Å². The topological polar surface area (TPSA) is 144 Å². The van der Waals surface area contributed by atoms with Gasteiger partial charge in [-0.05, 0) is 37.6 Å². The van der Waals surface area contributed by atoms with Gasteiger partial charge in [0.25, 0.3) is 5.91 Å². The normalized spacial score (nSPS) is 15.5. The summed E-state index contributed by atoms with van der Waals surface area (Å²) in [7, 11) is 0. The number of carbonyl (C=O) groups is 2. The van der Waals surface area contributed by atoms with Crippen molar-refractivity contribution >= 4 is 29.0 Å². The number of benzene rings is 1. The third-order valence-electron chi connectivity index (χ3n) is 4.80. The number of aliphatic carboxylic acids is 1. The molecule has 1 atom stereocenters. The van der Waals surface area contributed by atoms with E-state index in [9.17, 15) is 23.2 Å². The summed E-state index contributed by atoms with van der Waals surface area (Å²) in [6, 6.07) is 11.1. The minimum Gasteiger partial charge on any atom is -0.475 e. The number of nitrogens with zero attached hydrogens (tertiary/aromatic N) is 4. The summed E-state index contributed by atoms with van der Waals surface area (Å²) in [6.45, 7) is 1.94. The molecule has 1 amide bonds. The molecule has 2 aromatic heterocycles. The van der Waals surface area contributed by atoms with E-state index < -0.39 is 12.1 Å². The number of aromatic nitrogens is 3. The number of para-hydroxylation sites is 1. The van der Waals surface area contributed by atoms with E-state index in [-0.39, 0.29) is 5.91 Å². The average molecular weight is 475 g/mol. The van der Waals surface area contributed by atoms with E-state index in [2.05, 4.69) is 32.1 Å². The van der Waals surface area contributed by atoms with Crippen molar-refractivity contribution in [1.29, 1.82) is 5.26 Å². The molecule has 0 saturated carbocycles. The van der Waals surface area contributed by atoms with Crippen molar-refractivity contribution in [3.8, 4) is 6.07 Å². The Hall–Kier alpha value is -4.18. The van der Waals surface area contributed by atoms with Crippen LogP contribution in [-0.4, -0.2) is 56.9 Å². The summed E-state index contributed by atoms with van der Waals surface area (Å²) < 4.78 is 33.3. The van der Waals surface area contributed by atoms with Crippen LogP contribution in [0, 0.1) is 11.3 Å². The van der Waals surface area contributed by atoms with Crippen LogP contribution in [0.1, 0.15) is 28.8 Å². The van der Waals surface area contributed by atoms with Crippen molar-refractivity contribution < 1.29 is 27.9 Å². The molecule has 34 heavy (non-hydrogen) atoms. The summed E-state index contributed by atoms with van der Waals surface area (Å²) in [5, 5.41) is 30.0. The van der Waals surface area contributed by atoms with Crippen LogP contribution >= 0.6 is 0 Å². The summed E-state index contributed by atoms with van der Waals surface area (Å²) in [5.74, 6) is -2.40. The molecule has 13 heteroatoms. The minimum absolute atomic E-state index is 0.316. The minimum atomic E-state index is -5.08. The monoisotopic (exact) mass is 475 g/mol. The number of piperidine rings is 1. The molecule has 0 unspecified atom stereocenters. The van der Waals surface area contributed by atoms with Crippen molar-refractivity contribution in [2.24, 2.45) is 0 Å². The van der Waals surface area contributed by atoms with E-state index in [1.54, 1.807) is 35.0 Å². The summed E-state index contributed by atoms with van der Waals surface area (Å²) in [5.41, 5.74) is 1.69. The number of rotatable bonds is 4. The van der Waals surface area contributed by atoms with E-state index in [1.165, 1.54) is 6.20 Å². The Morgan fingerprint density at radius 1 is 1.26 bits per heavy atom. The van der Waals surface area contributed by atoms with Crippen LogP contribution in [0.4, 0.5) is 24.7 Å². The largest absolute Gasteiger partial charge is 0.490 e. The highest BCUT2D eigenvalue weighted by Crippen LogP contribution is 2.18. The maximum atomic E-state index is 12.7. The van der Waals surface area contributed by atoms with Gasteiger partial charge in [-0.3, -0.25) is 4.79 Å². The highest BCUT2D eigenvalue weighted by atomic mass is 19.4. The fraction of sp³-hybridized carbons (Fsp3) is 0.286. The molecule has 4 rings (SSSR count). The molecular weight excluding hydrogens is 455 g/mol. The zero-order valence-electron chi connectivity index (χ0n) is 17.6. The van der Waals surface area contributed by atoms with E-state index in [0.717, 1.165) is 25.9 Å². The molecule has 3 aromatic rings. The first kappa shape index (κ1) is 24.5. The molecule has 1 aliphatic rings. The Labute approximate surface area is 191 Å². The molecule has 1 fully saturated rings. The molecule has 1 saturated heterocycles. The van der Waals surface area contributed by atoms with Gasteiger partial charge in [0.2, 0.25) is 0 Å². The molecule has 1 aromatic carbocycles. The third kappa shape index (κ3) is 6.20. The van der Waals surface area contributed by atoms with Crippen LogP contribution in [0.15, 0.2) is 42.7 Å². The molecule has 0 bridgehead atoms. The number of fused-ring (bicyclic) bond motifs is 1. The van der Waals surface area contributed by atoms with Crippen molar-refractivity contribution in [2.75, 3.05) is 23.7 Å². The molecule has 1 aliphatic heterocycles. The fourth-order valence-electron chi connectivity index (χ4n) is 3.17. The van der Waals surface area contributed by atoms with Gasteiger partial charge >= 0.3 is 12.1 Å². The second kappa shape index (κ2) is 10.6. The Bertz CT molecular complexity index is 1210. The number of amides is 1. The van der Waals surface area contributed by atoms with E-state index >= 15 is 0 Å². The van der Waals surface area contributed by atoms with Gasteiger partial charge in [0.05, 0.1) is 17.4 Å². The third-order valence-corrected chi connectivity index (χ3v) is 4.80. The Morgan fingerprint density at radius 2 is 2.00 bits per heavy atom. The maximum absolute atomic E-state index is 12.7. The lowest BCUT2D eigenvalue weighted by Gasteiger charge is -2.24. The van der Waals surface area contributed by atoms with Gasteiger partial charge in [0, 0.05) is 18.8 Å². The fourth-order valence-corrected chi connectivity index (χ4v) is 3.17. The lowest BCUT2D eigenvalue weighted by Crippen LogP contribution is -2.38. The first-order valence-electron chi connectivity index (χ1n) is 10.1. The summed E-state index contributed by atoms with van der Waals surface area (Å²) in [4.78, 5) is 26.2. The molecule has 4 N–H and O–H groups in total. The molecule has 0 radical (unpaired) electrons. The summed E-state index contributed by atoms with van der Waals surface area (Å²) >= 11 is 0. The second-order valence-electron chi connectivity index (χ2n) is 7.24. The second-order valence-corrected chi connectivity index (χ2v) is 7.24. The molecular formula is C21H20F3N7O3. The predicted octanol–water partition coefficient (Wildman–Crippen LogP) is 2.65. The first-order valence-corrected chi connectivity index (χ1v) is 10.1. The standard InChI is InChI=1S/C19H19N7O.C2HF3O2/c20-10-13-4-1-2-6-16(13)24-19(27)15-12-22-26-9-7-17(25-18(15)26)23-14-5-3-8-21-11-14;3-2(4,5)1(6)7/h1-2,4,6-7,9,12,14,21H,3,5,8,11H2,(H,23,25)(H,24,27);(H,6,7)/t14-;/m1./s1. The number of anilines is 2. The van der Waals surface area contributed by atoms with E-state index in [4.69, 9.17) is 9.90 Å². The first-order chi connectivity index (χ1) is 16.2. The lowest BCUT2D eigenvalue weighted by atomic mass is 10.1. The zero-order chi connectivity index (χ0) is 24.7. The number of carbonyl (C=O) groups excluding carboxylic acids is 1. The van der Waals surface area contributed by atoms with Crippen molar-refractivity contribution in [1.82, 2.24) is 19.9 Å². The predicted molar refractivity (Wildman–Crippen MR) is 115 cm³/mol. The molecule has 3 heterocycles. The van der Waals surface area contributed by atoms with Crippen LogP contribution in [0.25, 0.3) is 5.65 Å². The van der Waals surface area contributed by atoms with Gasteiger partial charge in [-0.2, -0.15) is 23.5 Å². The van der Waals surface area contributed by atoms with Crippen molar-refractivity contribution in [2.45, 2.75) is 25.1 Å². The average Bonchev–Trinajstić information content (AvgIpc) is 3.23. The molecule has 0 aliphatic carbocycles. The Kier molecular flexibility index (Phi) is 7.64. The Morgan fingerprint density at radius 3 is 2.65 bits per heavy atom. The number of hydrogen-bond donors (Lipinski definition) is 4. The van der Waals surface area contributed by atoms with Gasteiger partial charge in [0.1, 0.15) is 17.5 Å². The smallest absolute Gasteiger partial charge is 0.475 e. The maximum Gasteiger partial charge on any atom is 0.490 e. The molecule has 10 nitrogen and oxygen atoms in total. The highest BCUT2D eigenvalue weighted by Gasteiger charge is 2.38. The number of hydrogen-bond acceptors (Lipinski definition) is 7. The number of nitrogens with one attached hydrogen (secondary N) is 3. The highest BCUT2D eigenvalue weighted by molar-refractivity contribution is 6.08. The van der Waals surface area contributed by atoms with Gasteiger partial charge < -0.3 is 21.1 Å². The van der Waals surface area contributed by atoms with Gasteiger partial charge in [-0.15, -0.1) is 0 Å². The van der Waals surface area contributed by atoms with E-state index in [1.807, 2.05) is 6.07 Å². The van der Waals surface area contributed by atoms with Crippen molar-refractivity contribution in [3.63, 3.8) is 0 Å². The van der Waals surface area contributed by atoms with Crippen LogP contribution in [-0.2, 0) is 4.79 Å². The van der Waals surface area contributed by atoms with Gasteiger partial charge in [-0.1, -0.05) is 12.1 Å². The molecule has 0 spiro atoms. The number of halogens is 3. The van der Waals surface area contributed by atoms with Crippen LogP contribution < -0.4 is 16.0 Å². The number of alkyl halides is 3. The zero-order valence-corrected chi connectivity index (χ0v) is 17.6. The van der Waals surface area contributed by atoms with Gasteiger partial charge in [-0.25, -0.2) is 14.3 Å². The number of nitriles is 1. The van der Waals surface area contributed by atoms with Crippen molar-refractivity contribution in [3.05, 3.63) is 53.9 Å². The van der Waals surface area contributed by atoms with E-state index in [0.29, 0.717) is 34.3 Å². The SMILES string of the molecule is N#Cc1ccccc1NC(=O)c1cnn2ccc(N[C@@H]3CCCNC3)nc12.O=C(O)C(F)(F)F.